The van der Waals surface area contributed by atoms with E-state index in [1.165, 1.54) is 7.11 Å². The fourth-order valence-corrected chi connectivity index (χ4v) is 3.15. The van der Waals surface area contributed by atoms with Gasteiger partial charge in [0.2, 0.25) is 0 Å². The Balaban J connectivity index is 2.01. The molecule has 1 fully saturated rings. The number of carbonyl (C=O) groups is 2. The summed E-state index contributed by atoms with van der Waals surface area (Å²) in [6.07, 6.45) is 3.83. The second kappa shape index (κ2) is 5.39. The molecule has 3 rings (SSSR count). The fraction of sp³-hybridized carbons (Fsp3) is 0.500. The van der Waals surface area contributed by atoms with Gasteiger partial charge in [0.25, 0.3) is 5.91 Å². The number of anilines is 1. The lowest BCUT2D eigenvalue weighted by Gasteiger charge is -2.37. The summed E-state index contributed by atoms with van der Waals surface area (Å²) < 4.78 is 10.4. The van der Waals surface area contributed by atoms with Gasteiger partial charge in [-0.1, -0.05) is 12.8 Å². The summed E-state index contributed by atoms with van der Waals surface area (Å²) in [4.78, 5) is 25.9. The van der Waals surface area contributed by atoms with Crippen molar-refractivity contribution in [2.75, 3.05) is 12.0 Å². The summed E-state index contributed by atoms with van der Waals surface area (Å²) in [5, 5.41) is 0. The highest BCUT2D eigenvalue weighted by atomic mass is 16.5. The molecule has 0 spiro atoms. The molecule has 21 heavy (non-hydrogen) atoms. The largest absolute Gasteiger partial charge is 0.479 e. The van der Waals surface area contributed by atoms with Crippen molar-refractivity contribution >= 4 is 17.6 Å². The average Bonchev–Trinajstić information content (AvgIpc) is 3.01. The number of ether oxygens (including phenoxy) is 2. The van der Waals surface area contributed by atoms with E-state index in [9.17, 15) is 9.59 Å². The summed E-state index contributed by atoms with van der Waals surface area (Å²) in [6, 6.07) is 5.36. The molecule has 0 saturated heterocycles. The number of hydrogen-bond donors (Lipinski definition) is 0. The molecule has 1 atom stereocenters. The van der Waals surface area contributed by atoms with Crippen LogP contribution in [0, 0.1) is 0 Å². The molecule has 0 N–H and O–H groups in total. The zero-order chi connectivity index (χ0) is 15.0. The molecule has 1 aliphatic carbocycles. The van der Waals surface area contributed by atoms with Gasteiger partial charge in [-0.25, -0.2) is 4.79 Å². The third kappa shape index (κ3) is 2.37. The molecule has 1 aliphatic heterocycles. The topological polar surface area (TPSA) is 55.8 Å². The lowest BCUT2D eigenvalue weighted by atomic mass is 10.1. The van der Waals surface area contributed by atoms with Crippen LogP contribution >= 0.6 is 0 Å². The third-order valence-electron chi connectivity index (χ3n) is 4.22. The van der Waals surface area contributed by atoms with Gasteiger partial charge in [0.1, 0.15) is 5.75 Å². The van der Waals surface area contributed by atoms with Crippen molar-refractivity contribution in [3.8, 4) is 5.75 Å². The molecular weight excluding hydrogens is 270 g/mol. The number of methoxy groups -OCH3 is 1. The summed E-state index contributed by atoms with van der Waals surface area (Å²) in [6.45, 7) is 1.75. The molecule has 0 radical (unpaired) electrons. The Morgan fingerprint density at radius 2 is 2.05 bits per heavy atom. The second-order valence-corrected chi connectivity index (χ2v) is 5.58. The molecule has 1 aromatic rings. The number of fused-ring (bicyclic) bond motifs is 1. The zero-order valence-corrected chi connectivity index (χ0v) is 12.3. The van der Waals surface area contributed by atoms with Gasteiger partial charge in [0.15, 0.2) is 6.10 Å². The second-order valence-electron chi connectivity index (χ2n) is 5.58. The number of rotatable bonds is 2. The van der Waals surface area contributed by atoms with Gasteiger partial charge in [0, 0.05) is 6.04 Å². The highest BCUT2D eigenvalue weighted by Crippen LogP contribution is 2.39. The molecule has 5 heteroatoms. The molecule has 5 nitrogen and oxygen atoms in total. The van der Waals surface area contributed by atoms with E-state index in [-0.39, 0.29) is 11.9 Å². The van der Waals surface area contributed by atoms with E-state index in [2.05, 4.69) is 0 Å². The van der Waals surface area contributed by atoms with Gasteiger partial charge in [0.05, 0.1) is 18.4 Å². The quantitative estimate of drug-likeness (QED) is 0.785. The zero-order valence-electron chi connectivity index (χ0n) is 12.3. The highest BCUT2D eigenvalue weighted by Gasteiger charge is 2.37. The monoisotopic (exact) mass is 289 g/mol. The minimum Gasteiger partial charge on any atom is -0.479 e. The van der Waals surface area contributed by atoms with Gasteiger partial charge in [-0.05, 0) is 38.0 Å². The highest BCUT2D eigenvalue weighted by molar-refractivity contribution is 6.01. The molecule has 0 aromatic heterocycles. The van der Waals surface area contributed by atoms with E-state index in [4.69, 9.17) is 9.47 Å². The van der Waals surface area contributed by atoms with Crippen LogP contribution in [-0.2, 0) is 9.53 Å². The Kier molecular flexibility index (Phi) is 3.57. The SMILES string of the molecule is COC(=O)c1ccc2c(c1)OC(C)C(=O)N2C1CCCC1. The summed E-state index contributed by atoms with van der Waals surface area (Å²) in [7, 11) is 1.35. The van der Waals surface area contributed by atoms with E-state index < -0.39 is 12.1 Å². The Morgan fingerprint density at radius 3 is 2.71 bits per heavy atom. The lowest BCUT2D eigenvalue weighted by Crippen LogP contribution is -2.49. The molecule has 0 bridgehead atoms. The molecule has 1 amide bonds. The van der Waals surface area contributed by atoms with Gasteiger partial charge < -0.3 is 14.4 Å². The maximum atomic E-state index is 12.5. The van der Waals surface area contributed by atoms with Crippen molar-refractivity contribution in [2.45, 2.75) is 44.8 Å². The van der Waals surface area contributed by atoms with Crippen molar-refractivity contribution in [1.29, 1.82) is 0 Å². The number of hydrogen-bond acceptors (Lipinski definition) is 4. The first kappa shape index (κ1) is 13.9. The Bertz CT molecular complexity index is 578. The smallest absolute Gasteiger partial charge is 0.337 e. The maximum absolute atomic E-state index is 12.5. The van der Waals surface area contributed by atoms with Crippen LogP contribution < -0.4 is 9.64 Å². The minimum absolute atomic E-state index is 0.000202. The van der Waals surface area contributed by atoms with Crippen molar-refractivity contribution < 1.29 is 19.1 Å². The van der Waals surface area contributed by atoms with E-state index in [0.717, 1.165) is 31.4 Å². The lowest BCUT2D eigenvalue weighted by molar-refractivity contribution is -0.126. The van der Waals surface area contributed by atoms with Crippen molar-refractivity contribution in [2.24, 2.45) is 0 Å². The first-order valence-electron chi connectivity index (χ1n) is 7.34. The predicted molar refractivity (Wildman–Crippen MR) is 77.6 cm³/mol. The van der Waals surface area contributed by atoms with Crippen molar-refractivity contribution in [3.05, 3.63) is 23.8 Å². The Morgan fingerprint density at radius 1 is 1.33 bits per heavy atom. The molecule has 1 saturated carbocycles. The third-order valence-corrected chi connectivity index (χ3v) is 4.22. The maximum Gasteiger partial charge on any atom is 0.337 e. The average molecular weight is 289 g/mol. The van der Waals surface area contributed by atoms with Crippen molar-refractivity contribution in [1.82, 2.24) is 0 Å². The van der Waals surface area contributed by atoms with Gasteiger partial charge in [-0.15, -0.1) is 0 Å². The van der Waals surface area contributed by atoms with Crippen LogP contribution in [0.3, 0.4) is 0 Å². The number of nitrogens with zero attached hydrogens (tertiary/aromatic N) is 1. The summed E-state index contributed by atoms with van der Waals surface area (Å²) in [5.41, 5.74) is 1.20. The first-order valence-corrected chi connectivity index (χ1v) is 7.34. The van der Waals surface area contributed by atoms with Gasteiger partial charge in [-0.3, -0.25) is 4.79 Å². The molecular formula is C16H19NO4. The van der Waals surface area contributed by atoms with Crippen molar-refractivity contribution in [3.63, 3.8) is 0 Å². The van der Waals surface area contributed by atoms with E-state index in [0.29, 0.717) is 11.3 Å². The number of amides is 1. The van der Waals surface area contributed by atoms with Crippen LogP contribution in [0.5, 0.6) is 5.75 Å². The molecule has 112 valence electrons. The van der Waals surface area contributed by atoms with Crippen LogP contribution in [0.2, 0.25) is 0 Å². The van der Waals surface area contributed by atoms with Gasteiger partial charge >= 0.3 is 5.97 Å². The molecule has 2 aliphatic rings. The fourth-order valence-electron chi connectivity index (χ4n) is 3.15. The molecule has 1 heterocycles. The van der Waals surface area contributed by atoms with Crippen LogP contribution in [0.4, 0.5) is 5.69 Å². The van der Waals surface area contributed by atoms with E-state index >= 15 is 0 Å². The Labute approximate surface area is 123 Å². The van der Waals surface area contributed by atoms with Crippen LogP contribution in [0.1, 0.15) is 43.0 Å². The normalized spacial score (nSPS) is 21.9. The van der Waals surface area contributed by atoms with Crippen LogP contribution in [0.15, 0.2) is 18.2 Å². The van der Waals surface area contributed by atoms with Crippen LogP contribution in [-0.4, -0.2) is 31.1 Å². The van der Waals surface area contributed by atoms with E-state index in [1.54, 1.807) is 25.1 Å². The first-order chi connectivity index (χ1) is 10.1. The van der Waals surface area contributed by atoms with Gasteiger partial charge in [-0.2, -0.15) is 0 Å². The standard InChI is InChI=1S/C16H19NO4/c1-10-15(18)17(12-5-3-4-6-12)13-8-7-11(16(19)20-2)9-14(13)21-10/h7-10,12H,3-6H2,1-2H3. The van der Waals surface area contributed by atoms with Crippen LogP contribution in [0.25, 0.3) is 0 Å². The number of carbonyl (C=O) groups excluding carboxylic acids is 2. The number of benzene rings is 1. The Hall–Kier alpha value is -2.04. The summed E-state index contributed by atoms with van der Waals surface area (Å²) >= 11 is 0. The summed E-state index contributed by atoms with van der Waals surface area (Å²) in [5.74, 6) is 0.176. The predicted octanol–water partition coefficient (Wildman–Crippen LogP) is 2.53. The van der Waals surface area contributed by atoms with E-state index in [1.807, 2.05) is 4.90 Å². The molecule has 1 aromatic carbocycles. The minimum atomic E-state index is -0.522. The number of esters is 1. The molecule has 1 unspecified atom stereocenters.